The van der Waals surface area contributed by atoms with Crippen LogP contribution in [0.15, 0.2) is 34.4 Å². The average Bonchev–Trinajstić information content (AvgIpc) is 2.77. The van der Waals surface area contributed by atoms with Gasteiger partial charge in [-0.05, 0) is 37.7 Å². The third kappa shape index (κ3) is 2.43. The van der Waals surface area contributed by atoms with Crippen LogP contribution in [0.4, 0.5) is 0 Å². The number of hydrogen-bond acceptors (Lipinski definition) is 4. The number of aromatic nitrogens is 4. The van der Waals surface area contributed by atoms with Crippen LogP contribution in [-0.2, 0) is 0 Å². The Hall–Kier alpha value is -1.59. The van der Waals surface area contributed by atoms with E-state index >= 15 is 0 Å². The number of aryl methyl sites for hydroxylation is 1. The van der Waals surface area contributed by atoms with Gasteiger partial charge in [0.1, 0.15) is 16.0 Å². The average molecular weight is 291 g/mol. The van der Waals surface area contributed by atoms with Gasteiger partial charge in [0.05, 0.1) is 11.0 Å². The number of aromatic amines is 1. The van der Waals surface area contributed by atoms with Crippen molar-refractivity contribution in [2.24, 2.45) is 0 Å². The van der Waals surface area contributed by atoms with Crippen molar-refractivity contribution in [3.63, 3.8) is 0 Å². The highest BCUT2D eigenvalue weighted by Gasteiger charge is 2.11. The van der Waals surface area contributed by atoms with Crippen molar-refractivity contribution in [1.29, 1.82) is 0 Å². The molecule has 1 N–H and O–H groups in total. The quantitative estimate of drug-likeness (QED) is 0.730. The summed E-state index contributed by atoms with van der Waals surface area (Å²) >= 11 is 7.54. The molecule has 0 aliphatic carbocycles. The Kier molecular flexibility index (Phi) is 3.16. The second kappa shape index (κ2) is 4.83. The SMILES string of the molecule is Cc1nc(Cl)c(C)c(Sc2nc3ccccc3[nH]2)n1. The van der Waals surface area contributed by atoms with Crippen LogP contribution in [-0.4, -0.2) is 19.9 Å². The van der Waals surface area contributed by atoms with E-state index in [2.05, 4.69) is 19.9 Å². The summed E-state index contributed by atoms with van der Waals surface area (Å²) in [5, 5.41) is 2.13. The number of nitrogens with zero attached hydrogens (tertiary/aromatic N) is 3. The smallest absolute Gasteiger partial charge is 0.172 e. The second-order valence-corrected chi connectivity index (χ2v) is 5.49. The number of imidazole rings is 1. The molecule has 0 saturated heterocycles. The molecule has 19 heavy (non-hydrogen) atoms. The molecule has 0 saturated carbocycles. The molecule has 2 aromatic heterocycles. The van der Waals surface area contributed by atoms with Crippen molar-refractivity contribution in [2.45, 2.75) is 24.0 Å². The second-order valence-electron chi connectivity index (χ2n) is 4.15. The standard InChI is InChI=1S/C13H11ClN4S/c1-7-11(14)15-8(2)16-12(7)19-13-17-9-5-3-4-6-10(9)18-13/h3-6H,1-2H3,(H,17,18). The van der Waals surface area contributed by atoms with Crippen LogP contribution in [0.1, 0.15) is 11.4 Å². The van der Waals surface area contributed by atoms with Gasteiger partial charge < -0.3 is 4.98 Å². The van der Waals surface area contributed by atoms with E-state index in [9.17, 15) is 0 Å². The maximum Gasteiger partial charge on any atom is 0.172 e. The molecule has 0 aliphatic rings. The Morgan fingerprint density at radius 2 is 1.89 bits per heavy atom. The molecular weight excluding hydrogens is 280 g/mol. The van der Waals surface area contributed by atoms with Gasteiger partial charge in [0.15, 0.2) is 5.16 Å². The van der Waals surface area contributed by atoms with Crippen molar-refractivity contribution in [2.75, 3.05) is 0 Å². The summed E-state index contributed by atoms with van der Waals surface area (Å²) in [6, 6.07) is 7.92. The van der Waals surface area contributed by atoms with Crippen LogP contribution in [0.3, 0.4) is 0 Å². The van der Waals surface area contributed by atoms with E-state index in [0.29, 0.717) is 11.0 Å². The van der Waals surface area contributed by atoms with Gasteiger partial charge in [0.25, 0.3) is 0 Å². The van der Waals surface area contributed by atoms with E-state index in [-0.39, 0.29) is 0 Å². The van der Waals surface area contributed by atoms with E-state index in [1.165, 1.54) is 11.8 Å². The minimum absolute atomic E-state index is 0.492. The van der Waals surface area contributed by atoms with Gasteiger partial charge in [-0.15, -0.1) is 0 Å². The fourth-order valence-corrected chi connectivity index (χ4v) is 2.92. The van der Waals surface area contributed by atoms with E-state index in [1.54, 1.807) is 0 Å². The molecule has 0 fully saturated rings. The molecule has 0 spiro atoms. The van der Waals surface area contributed by atoms with Crippen LogP contribution < -0.4 is 0 Å². The minimum atomic E-state index is 0.492. The van der Waals surface area contributed by atoms with E-state index < -0.39 is 0 Å². The van der Waals surface area contributed by atoms with Crippen molar-refractivity contribution in [1.82, 2.24) is 19.9 Å². The molecule has 1 aromatic carbocycles. The van der Waals surface area contributed by atoms with Crippen LogP contribution in [0.25, 0.3) is 11.0 Å². The third-order valence-electron chi connectivity index (χ3n) is 2.71. The Morgan fingerprint density at radius 3 is 2.68 bits per heavy atom. The van der Waals surface area contributed by atoms with Crippen molar-refractivity contribution >= 4 is 34.4 Å². The van der Waals surface area contributed by atoms with E-state index in [4.69, 9.17) is 11.6 Å². The lowest BCUT2D eigenvalue weighted by Crippen LogP contribution is -1.95. The lowest BCUT2D eigenvalue weighted by atomic mass is 10.3. The maximum atomic E-state index is 6.07. The molecule has 3 aromatic rings. The molecule has 0 amide bonds. The fraction of sp³-hybridized carbons (Fsp3) is 0.154. The van der Waals surface area contributed by atoms with Crippen LogP contribution in [0, 0.1) is 13.8 Å². The van der Waals surface area contributed by atoms with E-state index in [0.717, 1.165) is 26.8 Å². The topological polar surface area (TPSA) is 54.5 Å². The van der Waals surface area contributed by atoms with Crippen molar-refractivity contribution in [3.05, 3.63) is 40.8 Å². The summed E-state index contributed by atoms with van der Waals surface area (Å²) in [4.78, 5) is 16.3. The molecule has 0 atom stereocenters. The predicted molar refractivity (Wildman–Crippen MR) is 76.7 cm³/mol. The largest absolute Gasteiger partial charge is 0.333 e. The summed E-state index contributed by atoms with van der Waals surface area (Å²) in [5.74, 6) is 0.661. The number of halogens is 1. The predicted octanol–water partition coefficient (Wildman–Crippen LogP) is 3.77. The summed E-state index contributed by atoms with van der Waals surface area (Å²) in [6.07, 6.45) is 0. The summed E-state index contributed by atoms with van der Waals surface area (Å²) in [5.41, 5.74) is 2.83. The van der Waals surface area contributed by atoms with Gasteiger partial charge >= 0.3 is 0 Å². The molecule has 0 unspecified atom stereocenters. The maximum absolute atomic E-state index is 6.07. The minimum Gasteiger partial charge on any atom is -0.333 e. The number of rotatable bonds is 2. The number of benzene rings is 1. The highest BCUT2D eigenvalue weighted by molar-refractivity contribution is 7.99. The van der Waals surface area contributed by atoms with E-state index in [1.807, 2.05) is 38.1 Å². The van der Waals surface area contributed by atoms with Crippen LogP contribution >= 0.6 is 23.4 Å². The first-order chi connectivity index (χ1) is 9.13. The van der Waals surface area contributed by atoms with Gasteiger partial charge in [0.2, 0.25) is 0 Å². The van der Waals surface area contributed by atoms with Gasteiger partial charge in [-0.3, -0.25) is 0 Å². The Morgan fingerprint density at radius 1 is 1.11 bits per heavy atom. The normalized spacial score (nSPS) is 11.1. The van der Waals surface area contributed by atoms with Gasteiger partial charge in [-0.25, -0.2) is 15.0 Å². The number of hydrogen-bond donors (Lipinski definition) is 1. The zero-order chi connectivity index (χ0) is 13.4. The number of fused-ring (bicyclic) bond motifs is 1. The Labute approximate surface area is 119 Å². The fourth-order valence-electron chi connectivity index (χ4n) is 1.74. The number of H-pyrrole nitrogens is 1. The van der Waals surface area contributed by atoms with Gasteiger partial charge in [0, 0.05) is 5.56 Å². The summed E-state index contributed by atoms with van der Waals surface area (Å²) < 4.78 is 0. The van der Waals surface area contributed by atoms with Crippen LogP contribution in [0.5, 0.6) is 0 Å². The molecular formula is C13H11ClN4S. The molecule has 0 bridgehead atoms. The van der Waals surface area contributed by atoms with Gasteiger partial charge in [-0.1, -0.05) is 23.7 Å². The lowest BCUT2D eigenvalue weighted by molar-refractivity contribution is 0.932. The third-order valence-corrected chi connectivity index (χ3v) is 4.06. The first kappa shape index (κ1) is 12.4. The number of para-hydroxylation sites is 2. The van der Waals surface area contributed by atoms with Gasteiger partial charge in [-0.2, -0.15) is 0 Å². The highest BCUT2D eigenvalue weighted by Crippen LogP contribution is 2.30. The Bertz CT molecular complexity index is 720. The monoisotopic (exact) mass is 290 g/mol. The first-order valence-corrected chi connectivity index (χ1v) is 6.96. The Balaban J connectivity index is 2.01. The van der Waals surface area contributed by atoms with Crippen molar-refractivity contribution in [3.8, 4) is 0 Å². The lowest BCUT2D eigenvalue weighted by Gasteiger charge is -2.04. The number of nitrogens with one attached hydrogen (secondary N) is 1. The summed E-state index contributed by atoms with van der Waals surface area (Å²) in [7, 11) is 0. The van der Waals surface area contributed by atoms with Crippen LogP contribution in [0.2, 0.25) is 5.15 Å². The summed E-state index contributed by atoms with van der Waals surface area (Å²) in [6.45, 7) is 3.74. The molecule has 3 rings (SSSR count). The first-order valence-electron chi connectivity index (χ1n) is 5.77. The molecule has 0 radical (unpaired) electrons. The molecule has 6 heteroatoms. The highest BCUT2D eigenvalue weighted by atomic mass is 35.5. The molecule has 96 valence electrons. The molecule has 0 aliphatic heterocycles. The zero-order valence-corrected chi connectivity index (χ0v) is 12.0. The van der Waals surface area contributed by atoms with Crippen molar-refractivity contribution < 1.29 is 0 Å². The molecule has 4 nitrogen and oxygen atoms in total. The molecule has 2 heterocycles. The zero-order valence-electron chi connectivity index (χ0n) is 10.4.